The van der Waals surface area contributed by atoms with Crippen LogP contribution in [0, 0.1) is 0 Å². The smallest absolute Gasteiger partial charge is 0.304 e. The quantitative estimate of drug-likeness (QED) is 0.337. The minimum absolute atomic E-state index is 0.101. The van der Waals surface area contributed by atoms with E-state index < -0.39 is 5.97 Å². The Hall–Kier alpha value is -1.10. The Morgan fingerprint density at radius 3 is 2.08 bits per heavy atom. The molecule has 0 saturated carbocycles. The Balaban J connectivity index is 3.01. The number of ether oxygens (including phenoxy) is 3. The van der Waals surface area contributed by atoms with Crippen LogP contribution in [0.5, 0.6) is 0 Å². The molecule has 0 atom stereocenters. The summed E-state index contributed by atoms with van der Waals surface area (Å²) in [6.45, 7) is 2.90. The van der Waals surface area contributed by atoms with Gasteiger partial charge in [-0.2, -0.15) is 0 Å². The van der Waals surface area contributed by atoms with Gasteiger partial charge >= 0.3 is 11.9 Å². The van der Waals surface area contributed by atoms with Crippen LogP contribution in [0.25, 0.3) is 0 Å². The fourth-order valence-electron chi connectivity index (χ4n) is 0.428. The van der Waals surface area contributed by atoms with Crippen molar-refractivity contribution in [2.24, 2.45) is 0 Å². The molecule has 0 saturated heterocycles. The fourth-order valence-corrected chi connectivity index (χ4v) is 0.428. The lowest BCUT2D eigenvalue weighted by Gasteiger charge is -2.03. The standard InChI is InChI=1S/C7H12O5/c1-6(8)11-4-3-10-5-12-7(2)9/h3-5H2,1-2H3. The predicted octanol–water partition coefficient (Wildman–Crippen LogP) is 0.0867. The summed E-state index contributed by atoms with van der Waals surface area (Å²) >= 11 is 0. The van der Waals surface area contributed by atoms with Crippen LogP contribution in [-0.4, -0.2) is 31.9 Å². The molecule has 0 bridgehead atoms. The minimum Gasteiger partial charge on any atom is -0.463 e. The van der Waals surface area contributed by atoms with Crippen molar-refractivity contribution in [3.05, 3.63) is 0 Å². The molecule has 12 heavy (non-hydrogen) atoms. The molecule has 0 fully saturated rings. The Kier molecular flexibility index (Phi) is 6.00. The van der Waals surface area contributed by atoms with E-state index in [2.05, 4.69) is 9.47 Å². The van der Waals surface area contributed by atoms with Crippen molar-refractivity contribution in [3.63, 3.8) is 0 Å². The summed E-state index contributed by atoms with van der Waals surface area (Å²) in [7, 11) is 0. The molecule has 5 heteroatoms. The molecule has 0 aromatic heterocycles. The average Bonchev–Trinajstić information content (AvgIpc) is 1.95. The van der Waals surface area contributed by atoms with Crippen LogP contribution in [0.3, 0.4) is 0 Å². The van der Waals surface area contributed by atoms with Crippen LogP contribution in [-0.2, 0) is 23.8 Å². The van der Waals surface area contributed by atoms with Crippen molar-refractivity contribution < 1.29 is 23.8 Å². The lowest BCUT2D eigenvalue weighted by atomic mass is 10.7. The first-order valence-corrected chi connectivity index (χ1v) is 3.47. The molecule has 0 aliphatic heterocycles. The summed E-state index contributed by atoms with van der Waals surface area (Å²) in [4.78, 5) is 20.4. The van der Waals surface area contributed by atoms with Gasteiger partial charge < -0.3 is 14.2 Å². The number of esters is 2. The largest absolute Gasteiger partial charge is 0.463 e. The lowest BCUT2D eigenvalue weighted by molar-refractivity contribution is -0.157. The lowest BCUT2D eigenvalue weighted by Crippen LogP contribution is -2.11. The van der Waals surface area contributed by atoms with Gasteiger partial charge in [-0.25, -0.2) is 0 Å². The van der Waals surface area contributed by atoms with Gasteiger partial charge in [-0.1, -0.05) is 0 Å². The van der Waals surface area contributed by atoms with Crippen LogP contribution in [0.4, 0.5) is 0 Å². The molecule has 0 N–H and O–H groups in total. The summed E-state index contributed by atoms with van der Waals surface area (Å²) in [6.07, 6.45) is 0. The van der Waals surface area contributed by atoms with E-state index >= 15 is 0 Å². The van der Waals surface area contributed by atoms with Gasteiger partial charge in [0.05, 0.1) is 6.61 Å². The molecule has 0 spiro atoms. The molecule has 0 aromatic rings. The van der Waals surface area contributed by atoms with E-state index in [0.29, 0.717) is 0 Å². The second-order valence-corrected chi connectivity index (χ2v) is 2.00. The SMILES string of the molecule is CC(=O)OCCOCOC(C)=O. The van der Waals surface area contributed by atoms with E-state index in [1.54, 1.807) is 0 Å². The molecule has 0 unspecified atom stereocenters. The van der Waals surface area contributed by atoms with E-state index in [-0.39, 0.29) is 26.0 Å². The van der Waals surface area contributed by atoms with Crippen molar-refractivity contribution >= 4 is 11.9 Å². The number of rotatable bonds is 5. The Morgan fingerprint density at radius 2 is 1.58 bits per heavy atom. The van der Waals surface area contributed by atoms with E-state index in [1.165, 1.54) is 13.8 Å². The normalized spacial score (nSPS) is 9.17. The van der Waals surface area contributed by atoms with E-state index in [9.17, 15) is 9.59 Å². The Morgan fingerprint density at radius 1 is 1.00 bits per heavy atom. The van der Waals surface area contributed by atoms with Gasteiger partial charge in [0.1, 0.15) is 6.61 Å². The number of hydrogen-bond acceptors (Lipinski definition) is 5. The topological polar surface area (TPSA) is 61.8 Å². The van der Waals surface area contributed by atoms with Crippen molar-refractivity contribution in [3.8, 4) is 0 Å². The number of hydrogen-bond donors (Lipinski definition) is 0. The highest BCUT2D eigenvalue weighted by Crippen LogP contribution is 1.81. The second-order valence-electron chi connectivity index (χ2n) is 2.00. The highest BCUT2D eigenvalue weighted by atomic mass is 16.7. The summed E-state index contributed by atoms with van der Waals surface area (Å²) in [5, 5.41) is 0. The predicted molar refractivity (Wildman–Crippen MR) is 39.2 cm³/mol. The maximum Gasteiger partial charge on any atom is 0.304 e. The van der Waals surface area contributed by atoms with Gasteiger partial charge in [-0.3, -0.25) is 9.59 Å². The molecular weight excluding hydrogens is 164 g/mol. The molecular formula is C7H12O5. The van der Waals surface area contributed by atoms with Crippen LogP contribution in [0.15, 0.2) is 0 Å². The van der Waals surface area contributed by atoms with E-state index in [1.807, 2.05) is 0 Å². The molecule has 0 heterocycles. The molecule has 0 radical (unpaired) electrons. The molecule has 0 aliphatic rings. The highest BCUT2D eigenvalue weighted by molar-refractivity contribution is 5.66. The van der Waals surface area contributed by atoms with E-state index in [0.717, 1.165) is 0 Å². The van der Waals surface area contributed by atoms with Crippen molar-refractivity contribution in [2.75, 3.05) is 20.0 Å². The number of carbonyl (C=O) groups excluding carboxylic acids is 2. The minimum atomic E-state index is -0.400. The van der Waals surface area contributed by atoms with Gasteiger partial charge in [-0.15, -0.1) is 0 Å². The zero-order valence-electron chi connectivity index (χ0n) is 7.16. The van der Waals surface area contributed by atoms with Gasteiger partial charge in [0.15, 0.2) is 6.79 Å². The summed E-state index contributed by atoms with van der Waals surface area (Å²) in [5.74, 6) is -0.756. The molecule has 0 rings (SSSR count). The van der Waals surface area contributed by atoms with E-state index in [4.69, 9.17) is 4.74 Å². The monoisotopic (exact) mass is 176 g/mol. The third-order valence-electron chi connectivity index (χ3n) is 0.879. The van der Waals surface area contributed by atoms with Crippen LogP contribution in [0.1, 0.15) is 13.8 Å². The first-order chi connectivity index (χ1) is 5.63. The molecule has 70 valence electrons. The van der Waals surface area contributed by atoms with Gasteiger partial charge in [0, 0.05) is 13.8 Å². The maximum absolute atomic E-state index is 10.2. The Bertz CT molecular complexity index is 136. The van der Waals surface area contributed by atoms with Gasteiger partial charge in [0.25, 0.3) is 0 Å². The van der Waals surface area contributed by atoms with Gasteiger partial charge in [0.2, 0.25) is 0 Å². The molecule has 0 aromatic carbocycles. The van der Waals surface area contributed by atoms with Crippen molar-refractivity contribution in [1.82, 2.24) is 0 Å². The second kappa shape index (κ2) is 6.60. The summed E-state index contributed by atoms with van der Waals surface area (Å²) in [5.41, 5.74) is 0. The third-order valence-corrected chi connectivity index (χ3v) is 0.879. The zero-order valence-corrected chi connectivity index (χ0v) is 7.16. The average molecular weight is 176 g/mol. The first kappa shape index (κ1) is 10.9. The third kappa shape index (κ3) is 8.90. The van der Waals surface area contributed by atoms with Crippen LogP contribution in [0.2, 0.25) is 0 Å². The zero-order chi connectivity index (χ0) is 9.40. The first-order valence-electron chi connectivity index (χ1n) is 3.47. The van der Waals surface area contributed by atoms with Crippen molar-refractivity contribution in [1.29, 1.82) is 0 Å². The van der Waals surface area contributed by atoms with Crippen LogP contribution < -0.4 is 0 Å². The maximum atomic E-state index is 10.2. The highest BCUT2D eigenvalue weighted by Gasteiger charge is 1.94. The molecule has 0 aliphatic carbocycles. The number of carbonyl (C=O) groups is 2. The van der Waals surface area contributed by atoms with Gasteiger partial charge in [-0.05, 0) is 0 Å². The summed E-state index contributed by atoms with van der Waals surface area (Å²) in [6, 6.07) is 0. The fraction of sp³-hybridized carbons (Fsp3) is 0.714. The van der Waals surface area contributed by atoms with Crippen LogP contribution >= 0.6 is 0 Å². The molecule has 0 amide bonds. The van der Waals surface area contributed by atoms with Crippen molar-refractivity contribution in [2.45, 2.75) is 13.8 Å². The Labute approximate surface area is 70.6 Å². The molecule has 5 nitrogen and oxygen atoms in total. The summed E-state index contributed by atoms with van der Waals surface area (Å²) < 4.78 is 13.8.